The molecule has 1 fully saturated rings. The lowest BCUT2D eigenvalue weighted by molar-refractivity contribution is -0.155. The molecule has 0 aromatic heterocycles. The Morgan fingerprint density at radius 3 is 2.45 bits per heavy atom. The normalized spacial score (nSPS) is 25.0. The van der Waals surface area contributed by atoms with E-state index >= 15 is 0 Å². The minimum Gasteiger partial charge on any atom is -0.465 e. The van der Waals surface area contributed by atoms with Crippen LogP contribution in [-0.4, -0.2) is 43.3 Å². The number of hydrogen-bond donors (Lipinski definition) is 1. The molecule has 2 atom stereocenters. The van der Waals surface area contributed by atoms with Gasteiger partial charge in [-0.25, -0.2) is 9.59 Å². The molecule has 8 nitrogen and oxygen atoms in total. The summed E-state index contributed by atoms with van der Waals surface area (Å²) in [5.74, 6) is -2.77. The van der Waals surface area contributed by atoms with Gasteiger partial charge in [-0.15, -0.1) is 0 Å². The Morgan fingerprint density at radius 2 is 1.79 bits per heavy atom. The van der Waals surface area contributed by atoms with Gasteiger partial charge in [0.15, 0.2) is 0 Å². The number of esters is 3. The Morgan fingerprint density at radius 1 is 1.10 bits per heavy atom. The van der Waals surface area contributed by atoms with Gasteiger partial charge < -0.3 is 24.3 Å². The van der Waals surface area contributed by atoms with Crippen LogP contribution in [0.25, 0.3) is 0 Å². The second-order valence-electron chi connectivity index (χ2n) is 7.49. The van der Waals surface area contributed by atoms with E-state index in [1.165, 1.54) is 6.42 Å². The van der Waals surface area contributed by atoms with Crippen molar-refractivity contribution in [1.82, 2.24) is 5.32 Å². The molecule has 0 spiro atoms. The SMILES string of the molecule is CCOC(=O)C1=C(NC2CCCCC2)OC2=C(C(=O)OC(C)C2)C1C(=O)OCC. The minimum absolute atomic E-state index is 0.0267. The van der Waals surface area contributed by atoms with E-state index < -0.39 is 23.8 Å². The van der Waals surface area contributed by atoms with Crippen molar-refractivity contribution in [1.29, 1.82) is 0 Å². The number of hydrogen-bond acceptors (Lipinski definition) is 8. The Kier molecular flexibility index (Phi) is 6.82. The molecule has 1 aliphatic carbocycles. The van der Waals surface area contributed by atoms with Gasteiger partial charge in [0.05, 0.1) is 18.8 Å². The molecule has 160 valence electrons. The highest BCUT2D eigenvalue weighted by Crippen LogP contribution is 2.40. The molecule has 3 rings (SSSR count). The van der Waals surface area contributed by atoms with Crippen molar-refractivity contribution in [2.75, 3.05) is 13.2 Å². The fourth-order valence-corrected chi connectivity index (χ4v) is 4.02. The maximum Gasteiger partial charge on any atom is 0.340 e. The van der Waals surface area contributed by atoms with Crippen LogP contribution in [-0.2, 0) is 33.3 Å². The Hall–Kier alpha value is -2.51. The molecule has 0 amide bonds. The maximum atomic E-state index is 12.8. The summed E-state index contributed by atoms with van der Waals surface area (Å²) in [6.45, 7) is 5.34. The monoisotopic (exact) mass is 407 g/mol. The molecule has 0 saturated heterocycles. The van der Waals surface area contributed by atoms with E-state index in [-0.39, 0.29) is 42.4 Å². The second kappa shape index (κ2) is 9.33. The molecular weight excluding hydrogens is 378 g/mol. The van der Waals surface area contributed by atoms with Crippen LogP contribution < -0.4 is 5.32 Å². The summed E-state index contributed by atoms with van der Waals surface area (Å²) in [6, 6.07) is 0.126. The molecule has 2 aliphatic heterocycles. The van der Waals surface area contributed by atoms with Crippen LogP contribution in [0.15, 0.2) is 22.8 Å². The highest BCUT2D eigenvalue weighted by atomic mass is 16.6. The molecule has 2 heterocycles. The zero-order valence-electron chi connectivity index (χ0n) is 17.2. The standard InChI is InChI=1S/C21H29NO7/c1-4-26-19(23)16-15-14(11-12(3)28-21(15)25)29-18(17(16)20(24)27-5-2)22-13-9-7-6-8-10-13/h12-13,16,22H,4-11H2,1-3H3. The third-order valence-corrected chi connectivity index (χ3v) is 5.31. The van der Waals surface area contributed by atoms with Crippen molar-refractivity contribution in [3.63, 3.8) is 0 Å². The molecule has 3 aliphatic rings. The third kappa shape index (κ3) is 4.57. The number of carbonyl (C=O) groups excluding carboxylic acids is 3. The summed E-state index contributed by atoms with van der Waals surface area (Å²) >= 11 is 0. The van der Waals surface area contributed by atoms with Gasteiger partial charge in [-0.1, -0.05) is 19.3 Å². The Bertz CT molecular complexity index is 733. The third-order valence-electron chi connectivity index (χ3n) is 5.31. The van der Waals surface area contributed by atoms with Gasteiger partial charge in [-0.2, -0.15) is 0 Å². The van der Waals surface area contributed by atoms with Gasteiger partial charge in [0.25, 0.3) is 0 Å². The molecule has 0 bridgehead atoms. The first-order chi connectivity index (χ1) is 14.0. The summed E-state index contributed by atoms with van der Waals surface area (Å²) in [5.41, 5.74) is -0.0000706. The fraction of sp³-hybridized carbons (Fsp3) is 0.667. The zero-order valence-corrected chi connectivity index (χ0v) is 17.2. The average molecular weight is 407 g/mol. The van der Waals surface area contributed by atoms with Crippen LogP contribution in [0.2, 0.25) is 0 Å². The number of nitrogens with one attached hydrogen (secondary N) is 1. The van der Waals surface area contributed by atoms with Gasteiger partial charge in [-0.3, -0.25) is 4.79 Å². The van der Waals surface area contributed by atoms with E-state index in [9.17, 15) is 14.4 Å². The Labute approximate surface area is 170 Å². The van der Waals surface area contributed by atoms with Crippen LogP contribution >= 0.6 is 0 Å². The highest BCUT2D eigenvalue weighted by Gasteiger charge is 2.48. The van der Waals surface area contributed by atoms with Crippen molar-refractivity contribution < 1.29 is 33.3 Å². The molecule has 0 radical (unpaired) electrons. The maximum absolute atomic E-state index is 12.8. The summed E-state index contributed by atoms with van der Waals surface area (Å²) < 4.78 is 21.7. The quantitative estimate of drug-likeness (QED) is 0.529. The molecule has 29 heavy (non-hydrogen) atoms. The van der Waals surface area contributed by atoms with Crippen LogP contribution in [0.4, 0.5) is 0 Å². The van der Waals surface area contributed by atoms with Crippen molar-refractivity contribution >= 4 is 17.9 Å². The van der Waals surface area contributed by atoms with Gasteiger partial charge >= 0.3 is 17.9 Å². The smallest absolute Gasteiger partial charge is 0.340 e. The lowest BCUT2D eigenvalue weighted by Gasteiger charge is -2.35. The summed E-state index contributed by atoms with van der Waals surface area (Å²) in [6.07, 6.45) is 5.16. The summed E-state index contributed by atoms with van der Waals surface area (Å²) in [4.78, 5) is 38.3. The highest BCUT2D eigenvalue weighted by molar-refractivity contribution is 6.05. The first kappa shape index (κ1) is 21.2. The predicted octanol–water partition coefficient (Wildman–Crippen LogP) is 2.48. The van der Waals surface area contributed by atoms with Crippen molar-refractivity contribution in [2.45, 2.75) is 71.4 Å². The van der Waals surface area contributed by atoms with E-state index in [2.05, 4.69) is 5.32 Å². The lowest BCUT2D eigenvalue weighted by Crippen LogP contribution is -2.43. The van der Waals surface area contributed by atoms with Gasteiger partial charge in [0, 0.05) is 12.5 Å². The molecular formula is C21H29NO7. The first-order valence-corrected chi connectivity index (χ1v) is 10.4. The number of ether oxygens (including phenoxy) is 4. The minimum atomic E-state index is -1.23. The van der Waals surface area contributed by atoms with E-state index in [0.717, 1.165) is 25.7 Å². The first-order valence-electron chi connectivity index (χ1n) is 10.4. The number of cyclic esters (lactones) is 1. The van der Waals surface area contributed by atoms with Gasteiger partial charge in [-0.05, 0) is 33.6 Å². The summed E-state index contributed by atoms with van der Waals surface area (Å²) in [7, 11) is 0. The lowest BCUT2D eigenvalue weighted by atomic mass is 9.85. The molecule has 8 heteroatoms. The van der Waals surface area contributed by atoms with Gasteiger partial charge in [0.1, 0.15) is 23.4 Å². The van der Waals surface area contributed by atoms with Crippen molar-refractivity contribution in [3.8, 4) is 0 Å². The van der Waals surface area contributed by atoms with Crippen LogP contribution in [0, 0.1) is 5.92 Å². The largest absolute Gasteiger partial charge is 0.465 e. The van der Waals surface area contributed by atoms with Crippen molar-refractivity contribution in [2.24, 2.45) is 5.92 Å². The molecule has 0 aromatic rings. The average Bonchev–Trinajstić information content (AvgIpc) is 2.67. The van der Waals surface area contributed by atoms with Crippen LogP contribution in [0.1, 0.15) is 59.3 Å². The number of rotatable bonds is 6. The molecule has 0 aromatic carbocycles. The molecule has 2 unspecified atom stereocenters. The van der Waals surface area contributed by atoms with E-state index in [1.807, 2.05) is 0 Å². The summed E-state index contributed by atoms with van der Waals surface area (Å²) in [5, 5.41) is 3.30. The Balaban J connectivity index is 2.05. The van der Waals surface area contributed by atoms with Crippen LogP contribution in [0.3, 0.4) is 0 Å². The predicted molar refractivity (Wildman–Crippen MR) is 102 cm³/mol. The van der Waals surface area contributed by atoms with E-state index in [0.29, 0.717) is 12.2 Å². The molecule has 1 N–H and O–H groups in total. The number of carbonyl (C=O) groups is 3. The van der Waals surface area contributed by atoms with E-state index in [4.69, 9.17) is 18.9 Å². The zero-order chi connectivity index (χ0) is 21.0. The van der Waals surface area contributed by atoms with Crippen molar-refractivity contribution in [3.05, 3.63) is 22.8 Å². The van der Waals surface area contributed by atoms with Gasteiger partial charge in [0.2, 0.25) is 5.88 Å². The second-order valence-corrected chi connectivity index (χ2v) is 7.49. The molecule has 1 saturated carbocycles. The fourth-order valence-electron chi connectivity index (χ4n) is 4.02. The topological polar surface area (TPSA) is 100 Å². The van der Waals surface area contributed by atoms with E-state index in [1.54, 1.807) is 20.8 Å². The van der Waals surface area contributed by atoms with Crippen LogP contribution in [0.5, 0.6) is 0 Å².